The molecule has 158 valence electrons. The topological polar surface area (TPSA) is 91.8 Å². The van der Waals surface area contributed by atoms with Crippen LogP contribution in [0, 0.1) is 5.82 Å². The predicted octanol–water partition coefficient (Wildman–Crippen LogP) is 1.41. The lowest BCUT2D eigenvalue weighted by Crippen LogP contribution is -2.39. The number of nitrogens with zero attached hydrogens (tertiary/aromatic N) is 1. The van der Waals surface area contributed by atoms with Crippen LogP contribution in [-0.4, -0.2) is 59.0 Å². The van der Waals surface area contributed by atoms with E-state index < -0.39 is 10.0 Å². The lowest BCUT2D eigenvalue weighted by atomic mass is 10.1. The van der Waals surface area contributed by atoms with Crippen molar-refractivity contribution in [3.63, 3.8) is 0 Å². The monoisotopic (exact) mass is 414 g/mol. The zero-order valence-corrected chi connectivity index (χ0v) is 17.2. The quantitative estimate of drug-likeness (QED) is 0.398. The van der Waals surface area contributed by atoms with Crippen LogP contribution in [0.15, 0.2) is 29.3 Å². The molecule has 0 aliphatic carbocycles. The van der Waals surface area contributed by atoms with Crippen molar-refractivity contribution >= 4 is 16.0 Å². The number of rotatable bonds is 10. The first-order chi connectivity index (χ1) is 13.5. The molecule has 1 heterocycles. The van der Waals surface area contributed by atoms with E-state index in [1.165, 1.54) is 12.1 Å². The highest BCUT2D eigenvalue weighted by atomic mass is 32.2. The average Bonchev–Trinajstić information content (AvgIpc) is 2.69. The summed E-state index contributed by atoms with van der Waals surface area (Å²) >= 11 is 0. The molecule has 1 aliphatic heterocycles. The van der Waals surface area contributed by atoms with Gasteiger partial charge in [0.05, 0.1) is 18.4 Å². The molecule has 2 rings (SSSR count). The van der Waals surface area contributed by atoms with Crippen LogP contribution in [0.1, 0.15) is 31.7 Å². The Labute approximate surface area is 167 Å². The number of aliphatic imine (C=N–C) groups is 1. The predicted molar refractivity (Wildman–Crippen MR) is 109 cm³/mol. The molecule has 0 radical (unpaired) electrons. The first-order valence-corrected chi connectivity index (χ1v) is 11.5. The van der Waals surface area contributed by atoms with Crippen LogP contribution in [0.3, 0.4) is 0 Å². The van der Waals surface area contributed by atoms with Gasteiger partial charge in [0, 0.05) is 26.2 Å². The van der Waals surface area contributed by atoms with Gasteiger partial charge in [0.1, 0.15) is 5.82 Å². The third-order valence-electron chi connectivity index (χ3n) is 4.40. The molecule has 1 atom stereocenters. The van der Waals surface area contributed by atoms with Crippen LogP contribution < -0.4 is 15.4 Å². The van der Waals surface area contributed by atoms with Crippen LogP contribution in [0.2, 0.25) is 0 Å². The summed E-state index contributed by atoms with van der Waals surface area (Å²) < 4.78 is 45.3. The van der Waals surface area contributed by atoms with Gasteiger partial charge in [-0.05, 0) is 50.3 Å². The molecule has 0 spiro atoms. The Hall–Kier alpha value is -1.71. The number of nitrogens with one attached hydrogen (secondary N) is 3. The first kappa shape index (κ1) is 22.6. The smallest absolute Gasteiger partial charge is 0.213 e. The number of ether oxygens (including phenoxy) is 1. The fourth-order valence-corrected chi connectivity index (χ4v) is 3.77. The number of hydrogen-bond donors (Lipinski definition) is 3. The number of sulfonamides is 1. The minimum atomic E-state index is -3.39. The minimum absolute atomic E-state index is 0.0301. The van der Waals surface area contributed by atoms with E-state index >= 15 is 0 Å². The van der Waals surface area contributed by atoms with E-state index in [0.29, 0.717) is 38.6 Å². The van der Waals surface area contributed by atoms with Crippen molar-refractivity contribution in [1.29, 1.82) is 0 Å². The van der Waals surface area contributed by atoms with Gasteiger partial charge in [0.2, 0.25) is 10.0 Å². The van der Waals surface area contributed by atoms with Crippen LogP contribution in [0.5, 0.6) is 0 Å². The first-order valence-electron chi connectivity index (χ1n) is 9.84. The van der Waals surface area contributed by atoms with Crippen molar-refractivity contribution in [3.05, 3.63) is 35.6 Å². The van der Waals surface area contributed by atoms with E-state index in [0.717, 1.165) is 24.8 Å². The molecule has 0 saturated carbocycles. The highest BCUT2D eigenvalue weighted by Crippen LogP contribution is 2.11. The van der Waals surface area contributed by atoms with Gasteiger partial charge in [-0.2, -0.15) is 0 Å². The normalized spacial score (nSPS) is 18.1. The Bertz CT molecular complexity index is 704. The molecular formula is C19H31FN4O3S. The Balaban J connectivity index is 1.73. The molecule has 1 aromatic carbocycles. The highest BCUT2D eigenvalue weighted by Gasteiger charge is 2.17. The van der Waals surface area contributed by atoms with Crippen molar-refractivity contribution in [3.8, 4) is 0 Å². The Kier molecular flexibility index (Phi) is 9.66. The minimum Gasteiger partial charge on any atom is -0.377 e. The van der Waals surface area contributed by atoms with E-state index in [2.05, 4.69) is 20.3 Å². The van der Waals surface area contributed by atoms with E-state index in [1.54, 1.807) is 12.1 Å². The maximum atomic E-state index is 12.9. The lowest BCUT2D eigenvalue weighted by molar-refractivity contribution is 0.0200. The molecule has 1 fully saturated rings. The van der Waals surface area contributed by atoms with Crippen molar-refractivity contribution < 1.29 is 17.5 Å². The Morgan fingerprint density at radius 2 is 2.04 bits per heavy atom. The van der Waals surface area contributed by atoms with Crippen molar-refractivity contribution in [2.24, 2.45) is 4.99 Å². The summed E-state index contributed by atoms with van der Waals surface area (Å²) in [6, 6.07) is 6.36. The van der Waals surface area contributed by atoms with Crippen molar-refractivity contribution in [1.82, 2.24) is 15.4 Å². The molecule has 9 heteroatoms. The van der Waals surface area contributed by atoms with Gasteiger partial charge in [0.25, 0.3) is 0 Å². The van der Waals surface area contributed by atoms with Crippen LogP contribution in [0.4, 0.5) is 4.39 Å². The standard InChI is InChI=1S/C19H31FN4O3S/c1-2-21-19(22-11-10-16-6-8-17(20)9-7-16)23-12-14-28(25,26)24-15-18-5-3-4-13-27-18/h6-9,18,24H,2-5,10-15H2,1H3,(H2,21,22,23). The summed E-state index contributed by atoms with van der Waals surface area (Å²) in [6.45, 7) is 4.41. The van der Waals surface area contributed by atoms with Crippen LogP contribution in [0.25, 0.3) is 0 Å². The van der Waals surface area contributed by atoms with E-state index in [-0.39, 0.29) is 24.2 Å². The molecule has 7 nitrogen and oxygen atoms in total. The van der Waals surface area contributed by atoms with Gasteiger partial charge in [0.15, 0.2) is 5.96 Å². The highest BCUT2D eigenvalue weighted by molar-refractivity contribution is 7.89. The Morgan fingerprint density at radius 1 is 1.25 bits per heavy atom. The van der Waals surface area contributed by atoms with Crippen molar-refractivity contribution in [2.75, 3.05) is 38.5 Å². The maximum Gasteiger partial charge on any atom is 0.213 e. The van der Waals surface area contributed by atoms with E-state index in [1.807, 2.05) is 6.92 Å². The molecule has 1 saturated heterocycles. The van der Waals surface area contributed by atoms with E-state index in [9.17, 15) is 12.8 Å². The molecule has 0 bridgehead atoms. The summed E-state index contributed by atoms with van der Waals surface area (Å²) in [5.74, 6) is 0.237. The van der Waals surface area contributed by atoms with Crippen molar-refractivity contribution in [2.45, 2.75) is 38.7 Å². The second-order valence-corrected chi connectivity index (χ2v) is 8.65. The van der Waals surface area contributed by atoms with Gasteiger partial charge in [-0.1, -0.05) is 12.1 Å². The summed E-state index contributed by atoms with van der Waals surface area (Å²) in [6.07, 6.45) is 3.69. The molecule has 0 amide bonds. The summed E-state index contributed by atoms with van der Waals surface area (Å²) in [5.41, 5.74) is 1.02. The lowest BCUT2D eigenvalue weighted by Gasteiger charge is -2.22. The third kappa shape index (κ3) is 8.99. The molecule has 28 heavy (non-hydrogen) atoms. The number of halogens is 1. The second kappa shape index (κ2) is 12.0. The third-order valence-corrected chi connectivity index (χ3v) is 5.72. The zero-order chi connectivity index (χ0) is 20.2. The molecule has 3 N–H and O–H groups in total. The summed E-state index contributed by atoms with van der Waals surface area (Å²) in [5, 5.41) is 6.26. The molecule has 1 unspecified atom stereocenters. The van der Waals surface area contributed by atoms with Crippen LogP contribution in [-0.2, 0) is 21.2 Å². The average molecular weight is 415 g/mol. The molecule has 0 aromatic heterocycles. The second-order valence-electron chi connectivity index (χ2n) is 6.72. The number of guanidine groups is 1. The zero-order valence-electron chi connectivity index (χ0n) is 16.4. The van der Waals surface area contributed by atoms with Gasteiger partial charge in [-0.3, -0.25) is 4.99 Å². The fraction of sp³-hybridized carbons (Fsp3) is 0.632. The number of hydrogen-bond acceptors (Lipinski definition) is 4. The molecular weight excluding hydrogens is 383 g/mol. The summed E-state index contributed by atoms with van der Waals surface area (Å²) in [4.78, 5) is 4.32. The Morgan fingerprint density at radius 3 is 2.71 bits per heavy atom. The molecule has 1 aromatic rings. The van der Waals surface area contributed by atoms with Gasteiger partial charge < -0.3 is 15.4 Å². The number of benzene rings is 1. The van der Waals surface area contributed by atoms with Gasteiger partial charge in [-0.15, -0.1) is 0 Å². The SMILES string of the molecule is CCNC(=NCCS(=O)(=O)NCC1CCCCO1)NCCc1ccc(F)cc1. The fourth-order valence-electron chi connectivity index (χ4n) is 2.86. The largest absolute Gasteiger partial charge is 0.377 e. The summed E-state index contributed by atoms with van der Waals surface area (Å²) in [7, 11) is -3.39. The molecule has 1 aliphatic rings. The van der Waals surface area contributed by atoms with E-state index in [4.69, 9.17) is 4.74 Å². The van der Waals surface area contributed by atoms with Crippen LogP contribution >= 0.6 is 0 Å². The van der Waals surface area contributed by atoms with Gasteiger partial charge >= 0.3 is 0 Å². The van der Waals surface area contributed by atoms with Gasteiger partial charge in [-0.25, -0.2) is 17.5 Å². The maximum absolute atomic E-state index is 12.9.